The second-order valence-electron chi connectivity index (χ2n) is 6.48. The number of carbonyl (C=O) groups is 1. The van der Waals surface area contributed by atoms with E-state index in [0.717, 1.165) is 57.1 Å². The largest absolute Gasteiger partial charge is 0.493 e. The van der Waals surface area contributed by atoms with E-state index < -0.39 is 0 Å². The molecule has 4 rings (SSSR count). The molecule has 0 N–H and O–H groups in total. The lowest BCUT2D eigenvalue weighted by atomic mass is 10.1. The molecule has 130 valence electrons. The Balaban J connectivity index is 1.30. The van der Waals surface area contributed by atoms with Gasteiger partial charge in [0.05, 0.1) is 6.61 Å². The Labute approximate surface area is 152 Å². The van der Waals surface area contributed by atoms with Crippen molar-refractivity contribution in [2.45, 2.75) is 13.0 Å². The number of ether oxygens (including phenoxy) is 1. The van der Waals surface area contributed by atoms with E-state index in [4.69, 9.17) is 4.74 Å². The second kappa shape index (κ2) is 7.42. The molecule has 1 fully saturated rings. The highest BCUT2D eigenvalue weighted by Gasteiger charge is 2.20. The molecule has 0 unspecified atom stereocenters. The van der Waals surface area contributed by atoms with Gasteiger partial charge >= 0.3 is 0 Å². The summed E-state index contributed by atoms with van der Waals surface area (Å²) in [7, 11) is 0. The minimum Gasteiger partial charge on any atom is -0.493 e. The number of hydrogen-bond donors (Lipinski definition) is 0. The quantitative estimate of drug-likeness (QED) is 0.791. The first-order valence-electron chi connectivity index (χ1n) is 8.75. The van der Waals surface area contributed by atoms with Gasteiger partial charge in [-0.1, -0.05) is 12.1 Å². The van der Waals surface area contributed by atoms with Gasteiger partial charge in [0.1, 0.15) is 5.75 Å². The number of thiophene rings is 1. The van der Waals surface area contributed by atoms with E-state index in [-0.39, 0.29) is 5.91 Å². The number of nitrogens with zero attached hydrogens (tertiary/aromatic N) is 2. The number of carbonyl (C=O) groups excluding carboxylic acids is 1. The Morgan fingerprint density at radius 3 is 2.88 bits per heavy atom. The van der Waals surface area contributed by atoms with Gasteiger partial charge in [0.15, 0.2) is 0 Å². The fourth-order valence-corrected chi connectivity index (χ4v) is 4.08. The monoisotopic (exact) mass is 354 g/mol. The first-order valence-corrected chi connectivity index (χ1v) is 9.63. The molecule has 0 radical (unpaired) electrons. The Morgan fingerprint density at radius 1 is 1.20 bits per heavy atom. The van der Waals surface area contributed by atoms with Crippen molar-refractivity contribution in [3.8, 4) is 5.75 Å². The zero-order chi connectivity index (χ0) is 17.1. The molecule has 1 saturated heterocycles. The van der Waals surface area contributed by atoms with Gasteiger partial charge in [0.25, 0.3) is 0 Å². The van der Waals surface area contributed by atoms with Crippen molar-refractivity contribution in [2.75, 3.05) is 32.8 Å². The Kier molecular flexibility index (Phi) is 4.85. The Bertz CT molecular complexity index is 762. The molecule has 1 amide bonds. The summed E-state index contributed by atoms with van der Waals surface area (Å²) < 4.78 is 5.52. The van der Waals surface area contributed by atoms with Crippen LogP contribution in [0.15, 0.2) is 41.8 Å². The van der Waals surface area contributed by atoms with Gasteiger partial charge in [-0.2, -0.15) is 0 Å². The molecule has 3 heterocycles. The molecule has 0 atom stereocenters. The first kappa shape index (κ1) is 16.4. The van der Waals surface area contributed by atoms with Crippen LogP contribution in [0, 0.1) is 0 Å². The van der Waals surface area contributed by atoms with E-state index in [0.29, 0.717) is 0 Å². The van der Waals surface area contributed by atoms with Gasteiger partial charge in [-0.25, -0.2) is 0 Å². The van der Waals surface area contributed by atoms with E-state index in [9.17, 15) is 4.79 Å². The van der Waals surface area contributed by atoms with Crippen molar-refractivity contribution in [3.05, 3.63) is 57.8 Å². The summed E-state index contributed by atoms with van der Waals surface area (Å²) in [5.74, 6) is 1.08. The van der Waals surface area contributed by atoms with E-state index in [1.165, 1.54) is 10.4 Å². The highest BCUT2D eigenvalue weighted by molar-refractivity contribution is 7.09. The molecule has 1 aromatic carbocycles. The number of hydrogen-bond acceptors (Lipinski definition) is 4. The summed E-state index contributed by atoms with van der Waals surface area (Å²) in [5.41, 5.74) is 2.30. The highest BCUT2D eigenvalue weighted by Crippen LogP contribution is 2.26. The maximum absolute atomic E-state index is 12.4. The van der Waals surface area contributed by atoms with Crippen molar-refractivity contribution in [1.82, 2.24) is 9.80 Å². The number of rotatable bonds is 4. The molecule has 5 heteroatoms. The second-order valence-corrected chi connectivity index (χ2v) is 7.51. The summed E-state index contributed by atoms with van der Waals surface area (Å²) in [5, 5.41) is 2.12. The zero-order valence-electron chi connectivity index (χ0n) is 14.2. The van der Waals surface area contributed by atoms with Crippen LogP contribution in [0.2, 0.25) is 0 Å². The minimum absolute atomic E-state index is 0.104. The smallest absolute Gasteiger partial charge is 0.246 e. The fourth-order valence-electron chi connectivity index (χ4n) is 3.33. The third-order valence-electron chi connectivity index (χ3n) is 4.78. The number of piperazine rings is 1. The number of amides is 1. The molecule has 25 heavy (non-hydrogen) atoms. The van der Waals surface area contributed by atoms with Crippen molar-refractivity contribution in [1.29, 1.82) is 0 Å². The number of fused-ring (bicyclic) bond motifs is 1. The van der Waals surface area contributed by atoms with Gasteiger partial charge in [0.2, 0.25) is 5.91 Å². The van der Waals surface area contributed by atoms with Gasteiger partial charge in [-0.05, 0) is 40.8 Å². The average Bonchev–Trinajstić information content (AvgIpc) is 3.31. The van der Waals surface area contributed by atoms with Crippen LogP contribution in [0.1, 0.15) is 16.0 Å². The molecule has 0 spiro atoms. The van der Waals surface area contributed by atoms with Crippen molar-refractivity contribution < 1.29 is 9.53 Å². The normalized spacial score (nSPS) is 17.7. The lowest BCUT2D eigenvalue weighted by molar-refractivity contribution is -0.127. The summed E-state index contributed by atoms with van der Waals surface area (Å²) in [6.07, 6.45) is 4.57. The molecule has 2 aliphatic heterocycles. The predicted molar refractivity (Wildman–Crippen MR) is 101 cm³/mol. The summed E-state index contributed by atoms with van der Waals surface area (Å²) in [6, 6.07) is 10.4. The van der Waals surface area contributed by atoms with E-state index >= 15 is 0 Å². The van der Waals surface area contributed by atoms with Crippen LogP contribution in [0.25, 0.3) is 6.08 Å². The molecule has 1 aromatic heterocycles. The Morgan fingerprint density at radius 2 is 2.08 bits per heavy atom. The zero-order valence-corrected chi connectivity index (χ0v) is 15.0. The van der Waals surface area contributed by atoms with Crippen LogP contribution in [0.5, 0.6) is 5.75 Å². The summed E-state index contributed by atoms with van der Waals surface area (Å²) in [4.78, 5) is 18.2. The van der Waals surface area contributed by atoms with Crippen LogP contribution < -0.4 is 4.74 Å². The van der Waals surface area contributed by atoms with Crippen molar-refractivity contribution in [3.63, 3.8) is 0 Å². The predicted octanol–water partition coefficient (Wildman–Crippen LogP) is 3.04. The number of benzene rings is 1. The van der Waals surface area contributed by atoms with Gasteiger partial charge in [0, 0.05) is 50.1 Å². The molecule has 4 nitrogen and oxygen atoms in total. The van der Waals surface area contributed by atoms with Crippen LogP contribution in [-0.2, 0) is 17.8 Å². The SMILES string of the molecule is O=C(/C=C/c1ccc2c(c1)CCO2)N1CCN(Cc2cccs2)CC1. The van der Waals surface area contributed by atoms with Crippen LogP contribution >= 0.6 is 11.3 Å². The first-order chi connectivity index (χ1) is 12.3. The lowest BCUT2D eigenvalue weighted by Crippen LogP contribution is -2.47. The minimum atomic E-state index is 0.104. The van der Waals surface area contributed by atoms with Crippen molar-refractivity contribution in [2.24, 2.45) is 0 Å². The van der Waals surface area contributed by atoms with Crippen LogP contribution in [0.4, 0.5) is 0 Å². The average molecular weight is 354 g/mol. The van der Waals surface area contributed by atoms with E-state index in [2.05, 4.69) is 28.5 Å². The topological polar surface area (TPSA) is 32.8 Å². The maximum Gasteiger partial charge on any atom is 0.246 e. The third-order valence-corrected chi connectivity index (χ3v) is 5.64. The molecular formula is C20H22N2O2S. The van der Waals surface area contributed by atoms with Gasteiger partial charge in [-0.3, -0.25) is 9.69 Å². The molecule has 0 bridgehead atoms. The van der Waals surface area contributed by atoms with E-state index in [1.807, 2.05) is 23.1 Å². The van der Waals surface area contributed by atoms with E-state index in [1.54, 1.807) is 17.4 Å². The summed E-state index contributed by atoms with van der Waals surface area (Å²) >= 11 is 1.80. The summed E-state index contributed by atoms with van der Waals surface area (Å²) in [6.45, 7) is 5.23. The standard InChI is InChI=1S/C20H22N2O2S/c23-20(6-4-16-3-5-19-17(14-16)7-12-24-19)22-10-8-21(9-11-22)15-18-2-1-13-25-18/h1-6,13-14H,7-12,15H2/b6-4+. The molecular weight excluding hydrogens is 332 g/mol. The highest BCUT2D eigenvalue weighted by atomic mass is 32.1. The van der Waals surface area contributed by atoms with Crippen molar-refractivity contribution >= 4 is 23.3 Å². The molecule has 0 aliphatic carbocycles. The van der Waals surface area contributed by atoms with Gasteiger partial charge in [-0.15, -0.1) is 11.3 Å². The van der Waals surface area contributed by atoms with Gasteiger partial charge < -0.3 is 9.64 Å². The molecule has 0 saturated carbocycles. The molecule has 2 aromatic rings. The van der Waals surface area contributed by atoms with Crippen LogP contribution in [0.3, 0.4) is 0 Å². The maximum atomic E-state index is 12.4. The third kappa shape index (κ3) is 3.94. The van der Waals surface area contributed by atoms with Crippen LogP contribution in [-0.4, -0.2) is 48.5 Å². The fraction of sp³-hybridized carbons (Fsp3) is 0.350. The Hall–Kier alpha value is -2.11. The lowest BCUT2D eigenvalue weighted by Gasteiger charge is -2.33. The molecule has 2 aliphatic rings.